The van der Waals surface area contributed by atoms with Crippen molar-refractivity contribution in [2.45, 2.75) is 18.5 Å². The summed E-state index contributed by atoms with van der Waals surface area (Å²) in [5, 5.41) is 13.9. The number of nitrogens with one attached hydrogen (secondary N) is 1. The zero-order valence-electron chi connectivity index (χ0n) is 10.5. The minimum atomic E-state index is -3.72. The molecular weight excluding hydrogens is 338 g/mol. The standard InChI is InChI=1S/C8H12BrN7O2S/c1-5-10-6(12-11-5)4-15(2)19(17,18)8-7(9)13-14-16(8)3/h4H2,1-3H3,(H,10,11,12). The number of aromatic amines is 1. The third-order valence-electron chi connectivity index (χ3n) is 2.40. The molecule has 2 rings (SSSR count). The molecule has 0 aliphatic rings. The lowest BCUT2D eigenvalue weighted by molar-refractivity contribution is 0.448. The fourth-order valence-electron chi connectivity index (χ4n) is 1.49. The smallest absolute Gasteiger partial charge is 0.263 e. The van der Waals surface area contributed by atoms with Crippen LogP contribution in [0.3, 0.4) is 0 Å². The minimum Gasteiger partial charge on any atom is -0.263 e. The van der Waals surface area contributed by atoms with Crippen molar-refractivity contribution in [2.75, 3.05) is 7.05 Å². The highest BCUT2D eigenvalue weighted by Gasteiger charge is 2.29. The van der Waals surface area contributed by atoms with Crippen LogP contribution in [0, 0.1) is 6.92 Å². The van der Waals surface area contributed by atoms with E-state index in [0.717, 1.165) is 4.31 Å². The molecule has 0 spiro atoms. The lowest BCUT2D eigenvalue weighted by Gasteiger charge is -2.15. The van der Waals surface area contributed by atoms with E-state index in [-0.39, 0.29) is 16.2 Å². The molecule has 9 nitrogen and oxygen atoms in total. The predicted octanol–water partition coefficient (Wildman–Crippen LogP) is -0.175. The van der Waals surface area contributed by atoms with Crippen LogP contribution in [-0.2, 0) is 23.6 Å². The molecule has 0 saturated heterocycles. The van der Waals surface area contributed by atoms with Gasteiger partial charge < -0.3 is 0 Å². The van der Waals surface area contributed by atoms with Crippen molar-refractivity contribution in [3.8, 4) is 0 Å². The van der Waals surface area contributed by atoms with Gasteiger partial charge in [0.15, 0.2) is 10.4 Å². The van der Waals surface area contributed by atoms with Gasteiger partial charge in [0.05, 0.1) is 6.54 Å². The van der Waals surface area contributed by atoms with Crippen molar-refractivity contribution < 1.29 is 8.42 Å². The second kappa shape index (κ2) is 4.98. The van der Waals surface area contributed by atoms with Crippen LogP contribution in [0.15, 0.2) is 9.63 Å². The summed E-state index contributed by atoms with van der Waals surface area (Å²) in [7, 11) is -0.761. The van der Waals surface area contributed by atoms with Gasteiger partial charge in [-0.3, -0.25) is 5.10 Å². The van der Waals surface area contributed by atoms with E-state index in [4.69, 9.17) is 0 Å². The molecule has 19 heavy (non-hydrogen) atoms. The number of H-pyrrole nitrogens is 1. The van der Waals surface area contributed by atoms with E-state index in [1.807, 2.05) is 0 Å². The molecule has 0 aromatic carbocycles. The molecule has 0 atom stereocenters. The normalized spacial score (nSPS) is 12.3. The first-order valence-electron chi connectivity index (χ1n) is 5.21. The van der Waals surface area contributed by atoms with Gasteiger partial charge in [0.1, 0.15) is 5.82 Å². The first-order chi connectivity index (χ1) is 8.82. The highest BCUT2D eigenvalue weighted by Crippen LogP contribution is 2.21. The molecule has 2 heterocycles. The van der Waals surface area contributed by atoms with E-state index >= 15 is 0 Å². The molecule has 0 saturated carbocycles. The highest BCUT2D eigenvalue weighted by atomic mass is 79.9. The van der Waals surface area contributed by atoms with Crippen LogP contribution in [-0.4, -0.2) is 49.9 Å². The van der Waals surface area contributed by atoms with E-state index < -0.39 is 10.0 Å². The summed E-state index contributed by atoms with van der Waals surface area (Å²) in [5.41, 5.74) is 0. The topological polar surface area (TPSA) is 110 Å². The Hall–Kier alpha value is -1.33. The Morgan fingerprint density at radius 1 is 1.47 bits per heavy atom. The Balaban J connectivity index is 2.30. The zero-order valence-corrected chi connectivity index (χ0v) is 12.9. The van der Waals surface area contributed by atoms with Gasteiger partial charge in [0, 0.05) is 14.1 Å². The van der Waals surface area contributed by atoms with E-state index in [2.05, 4.69) is 41.4 Å². The van der Waals surface area contributed by atoms with Crippen LogP contribution < -0.4 is 0 Å². The van der Waals surface area contributed by atoms with Gasteiger partial charge in [-0.25, -0.2) is 18.1 Å². The Morgan fingerprint density at radius 2 is 2.16 bits per heavy atom. The van der Waals surface area contributed by atoms with Gasteiger partial charge in [-0.15, -0.1) is 5.10 Å². The monoisotopic (exact) mass is 349 g/mol. The van der Waals surface area contributed by atoms with Crippen molar-refractivity contribution >= 4 is 26.0 Å². The number of sulfonamides is 1. The fourth-order valence-corrected chi connectivity index (χ4v) is 3.63. The van der Waals surface area contributed by atoms with Crippen LogP contribution in [0.4, 0.5) is 0 Å². The van der Waals surface area contributed by atoms with Crippen molar-refractivity contribution in [1.29, 1.82) is 0 Å². The van der Waals surface area contributed by atoms with Crippen LogP contribution in [0.1, 0.15) is 11.6 Å². The molecule has 0 unspecified atom stereocenters. The van der Waals surface area contributed by atoms with E-state index in [1.165, 1.54) is 18.8 Å². The number of aromatic nitrogens is 6. The van der Waals surface area contributed by atoms with Crippen molar-refractivity contribution in [3.63, 3.8) is 0 Å². The number of rotatable bonds is 4. The quantitative estimate of drug-likeness (QED) is 0.820. The number of aryl methyl sites for hydroxylation is 2. The number of hydrogen-bond donors (Lipinski definition) is 1. The van der Waals surface area contributed by atoms with Crippen LogP contribution >= 0.6 is 15.9 Å². The zero-order chi connectivity index (χ0) is 14.2. The lowest BCUT2D eigenvalue weighted by atomic mass is 10.6. The van der Waals surface area contributed by atoms with Gasteiger partial charge in [0.25, 0.3) is 10.0 Å². The van der Waals surface area contributed by atoms with Gasteiger partial charge in [-0.1, -0.05) is 5.21 Å². The molecule has 104 valence electrons. The molecule has 1 N–H and O–H groups in total. The SMILES string of the molecule is Cc1nc(CN(C)S(=O)(=O)c2c(Br)nnn2C)n[nH]1. The van der Waals surface area contributed by atoms with Gasteiger partial charge in [-0.2, -0.15) is 9.40 Å². The Morgan fingerprint density at radius 3 is 2.63 bits per heavy atom. The summed E-state index contributed by atoms with van der Waals surface area (Å²) in [4.78, 5) is 4.07. The summed E-state index contributed by atoms with van der Waals surface area (Å²) < 4.78 is 27.3. The van der Waals surface area contributed by atoms with Gasteiger partial charge >= 0.3 is 0 Å². The molecule has 0 aliphatic heterocycles. The van der Waals surface area contributed by atoms with Crippen molar-refractivity contribution in [2.24, 2.45) is 7.05 Å². The summed E-state index contributed by atoms with van der Waals surface area (Å²) >= 11 is 3.07. The minimum absolute atomic E-state index is 0.0118. The van der Waals surface area contributed by atoms with Gasteiger partial charge in [0.2, 0.25) is 5.03 Å². The number of nitrogens with zero attached hydrogens (tertiary/aromatic N) is 6. The van der Waals surface area contributed by atoms with Crippen molar-refractivity contribution in [1.82, 2.24) is 34.5 Å². The largest absolute Gasteiger partial charge is 0.263 e. The third kappa shape index (κ3) is 2.67. The molecule has 0 amide bonds. The van der Waals surface area contributed by atoms with E-state index in [1.54, 1.807) is 6.92 Å². The first kappa shape index (κ1) is 14.1. The average Bonchev–Trinajstić information content (AvgIpc) is 2.85. The molecule has 0 radical (unpaired) electrons. The molecule has 0 bridgehead atoms. The highest BCUT2D eigenvalue weighted by molar-refractivity contribution is 9.10. The maximum Gasteiger partial charge on any atom is 0.263 e. The number of hydrogen-bond acceptors (Lipinski definition) is 6. The second-order valence-corrected chi connectivity index (χ2v) is 6.62. The average molecular weight is 350 g/mol. The Labute approximate surface area is 118 Å². The number of halogens is 1. The van der Waals surface area contributed by atoms with E-state index in [9.17, 15) is 8.42 Å². The van der Waals surface area contributed by atoms with Crippen LogP contribution in [0.25, 0.3) is 0 Å². The summed E-state index contributed by atoms with van der Waals surface area (Å²) in [6, 6.07) is 0. The van der Waals surface area contributed by atoms with E-state index in [0.29, 0.717) is 11.6 Å². The predicted molar refractivity (Wildman–Crippen MR) is 68.5 cm³/mol. The molecule has 2 aromatic heterocycles. The molecule has 11 heteroatoms. The molecule has 2 aromatic rings. The summed E-state index contributed by atoms with van der Waals surface area (Å²) in [5.74, 6) is 1.03. The summed E-state index contributed by atoms with van der Waals surface area (Å²) in [6.07, 6.45) is 0. The third-order valence-corrected chi connectivity index (χ3v) is 5.09. The first-order valence-corrected chi connectivity index (χ1v) is 7.45. The van der Waals surface area contributed by atoms with Crippen LogP contribution in [0.2, 0.25) is 0 Å². The Kier molecular flexibility index (Phi) is 3.69. The molecule has 0 fully saturated rings. The van der Waals surface area contributed by atoms with Gasteiger partial charge in [-0.05, 0) is 22.9 Å². The maximum atomic E-state index is 12.4. The second-order valence-electron chi connectivity index (χ2n) is 3.91. The molecule has 0 aliphatic carbocycles. The fraction of sp³-hybridized carbons (Fsp3) is 0.500. The summed E-state index contributed by atoms with van der Waals surface area (Å²) in [6.45, 7) is 1.80. The maximum absolute atomic E-state index is 12.4. The molecular formula is C8H12BrN7O2S. The van der Waals surface area contributed by atoms with Crippen LogP contribution in [0.5, 0.6) is 0 Å². The van der Waals surface area contributed by atoms with Crippen molar-refractivity contribution in [3.05, 3.63) is 16.3 Å². The Bertz CT molecular complexity index is 672. The lowest BCUT2D eigenvalue weighted by Crippen LogP contribution is -2.29.